The van der Waals surface area contributed by atoms with Gasteiger partial charge in [-0.25, -0.2) is 4.79 Å². The summed E-state index contributed by atoms with van der Waals surface area (Å²) >= 11 is 0. The fraction of sp³-hybridized carbons (Fsp3) is 0.913. The Balaban J connectivity index is -0.000000223. The van der Waals surface area contributed by atoms with E-state index in [1.807, 2.05) is 90.0 Å². The highest BCUT2D eigenvalue weighted by Crippen LogP contribution is 2.61. The van der Waals surface area contributed by atoms with Crippen molar-refractivity contribution in [1.29, 1.82) is 0 Å². The Morgan fingerprint density at radius 3 is 1.06 bits per heavy atom. The number of hydrogen-bond acceptors (Lipinski definition) is 18. The lowest BCUT2D eigenvalue weighted by molar-refractivity contribution is -0.223. The summed E-state index contributed by atoms with van der Waals surface area (Å²) in [5.41, 5.74) is -2.68. The van der Waals surface area contributed by atoms with Gasteiger partial charge in [-0.15, -0.1) is 0 Å². The predicted octanol–water partition coefficient (Wildman–Crippen LogP) is 23.6. The van der Waals surface area contributed by atoms with Crippen LogP contribution in [0.2, 0.25) is 0 Å². The number of rotatable bonds is 19. The zero-order chi connectivity index (χ0) is 72.8. The molecule has 110 heavy (non-hydrogen) atoms. The summed E-state index contributed by atoms with van der Waals surface area (Å²) < 4.78 is 42.4. The third-order valence-electron chi connectivity index (χ3n) is 25.6. The summed E-state index contributed by atoms with van der Waals surface area (Å²) in [6, 6.07) is 0. The summed E-state index contributed by atoms with van der Waals surface area (Å²) in [5, 5.41) is 21.2. The van der Waals surface area contributed by atoms with E-state index in [-0.39, 0.29) is 188 Å². The Labute approximate surface area is 678 Å². The first-order valence-corrected chi connectivity index (χ1v) is 39.0. The summed E-state index contributed by atoms with van der Waals surface area (Å²) in [6.07, 6.45) is 31.0. The van der Waals surface area contributed by atoms with Crippen molar-refractivity contribution in [2.24, 2.45) is 81.8 Å². The largest absolute Gasteiger partial charge is 0.469 e. The molecule has 2 N–H and O–H groups in total. The summed E-state index contributed by atoms with van der Waals surface area (Å²) in [6.45, 7) is 32.6. The molecule has 14 rings (SSSR count). The maximum atomic E-state index is 12.1. The number of hydrogen-bond donors (Lipinski definition) is 2. The highest BCUT2D eigenvalue weighted by molar-refractivity contribution is 5.81. The molecule has 0 radical (unpaired) electrons. The van der Waals surface area contributed by atoms with Crippen LogP contribution in [0.4, 0.5) is 0 Å². The molecule has 2 saturated heterocycles. The molecule has 13 atom stereocenters. The van der Waals surface area contributed by atoms with Crippen molar-refractivity contribution in [3.8, 4) is 0 Å². The standard InChI is InChI=1S/2C15H24O3.2C13H24O2.C9H14O4.C9H12O2.C6H12O2.12CH4/c2*1-3-10(2)13(16)18-15-7-11-4-12(8-15)6-14(17,5-11)9-15;2*1-5-12(3,4)11(14)15-13(6-2)9-7-8-10-13;1-3-6(2)8(10)13-7-4-5-12-9(7)11;10-9-8-6-2-1-5(3-6)7(8)4-11-9;1-4-5(2)6(7)8-3;;;;;;;;;;;;/h2*10-12,17H,3-9H2,1-2H3;2*5-10H2,1-4H3;6-7H,3-5H2,1-2H3;5-8H,1-4H2;5H,4H2,1-3H3;12*1H4. The maximum absolute atomic E-state index is 12.1. The predicted molar refractivity (Wildman–Crippen MR) is 455 cm³/mol. The zero-order valence-electron chi connectivity index (χ0n) is 64.0. The average molecular weight is 1580 g/mol. The minimum absolute atomic E-state index is 0. The maximum Gasteiger partial charge on any atom is 0.347 e. The van der Waals surface area contributed by atoms with Crippen molar-refractivity contribution in [2.45, 2.75) is 445 Å². The van der Waals surface area contributed by atoms with Crippen molar-refractivity contribution in [1.82, 2.24) is 0 Å². The average Bonchev–Trinajstić information content (AvgIpc) is 1.30. The van der Waals surface area contributed by atoms with Crippen LogP contribution in [0.3, 0.4) is 0 Å². The van der Waals surface area contributed by atoms with Crippen LogP contribution in [0.5, 0.6) is 0 Å². The molecule has 12 aliphatic carbocycles. The summed E-state index contributed by atoms with van der Waals surface area (Å²) in [7, 11) is 1.41. The lowest BCUT2D eigenvalue weighted by Crippen LogP contribution is -2.60. The molecule has 0 aromatic heterocycles. The van der Waals surface area contributed by atoms with Gasteiger partial charge in [0.05, 0.1) is 71.9 Å². The molecule has 12 saturated carbocycles. The molecule has 10 bridgehead atoms. The number of fused-ring (bicyclic) bond motifs is 5. The summed E-state index contributed by atoms with van der Waals surface area (Å²) in [4.78, 5) is 92.0. The molecule has 0 aromatic rings. The van der Waals surface area contributed by atoms with E-state index in [0.29, 0.717) is 67.3 Å². The van der Waals surface area contributed by atoms with Crippen LogP contribution >= 0.6 is 0 Å². The number of methoxy groups -OCH3 is 1. The number of aliphatic hydroxyl groups is 2. The lowest BCUT2D eigenvalue weighted by atomic mass is 9.52. The third-order valence-corrected chi connectivity index (χ3v) is 25.6. The molecule has 2 heterocycles. The Kier molecular flexibility index (Phi) is 55.0. The zero-order valence-corrected chi connectivity index (χ0v) is 64.0. The Morgan fingerprint density at radius 2 is 0.782 bits per heavy atom. The molecule has 18 nitrogen and oxygen atoms in total. The van der Waals surface area contributed by atoms with E-state index in [1.165, 1.54) is 64.9 Å². The minimum atomic E-state index is -0.665. The smallest absolute Gasteiger partial charge is 0.347 e. The van der Waals surface area contributed by atoms with Crippen molar-refractivity contribution < 1.29 is 86.5 Å². The number of cyclic esters (lactones) is 2. The van der Waals surface area contributed by atoms with E-state index in [0.717, 1.165) is 141 Å². The van der Waals surface area contributed by atoms with E-state index >= 15 is 0 Å². The Bertz CT molecular complexity index is 2500. The summed E-state index contributed by atoms with van der Waals surface area (Å²) in [5.74, 6) is 3.68. The number of ether oxygens (including phenoxy) is 8. The van der Waals surface area contributed by atoms with E-state index < -0.39 is 23.3 Å². The van der Waals surface area contributed by atoms with Gasteiger partial charge in [0.2, 0.25) is 6.10 Å². The number of carbonyl (C=O) groups is 8. The van der Waals surface area contributed by atoms with Gasteiger partial charge in [-0.1, -0.05) is 172 Å². The SMILES string of the molecule is C.C.C.C.C.C.C.C.C.C.C.C.CCC(C)C(=O)OC.CCC(C)C(=O)OC12CC3CC(CC(O)(C3)C1)C2.CCC(C)C(=O)OC12CC3CC(CC(O)(C3)C1)C2.CCC(C)C(=O)OC1CCOC1=O.CCC1(OC(=O)C(C)(C)CC)CCCC1.CCC1(OC(=O)C(C)(C)CC)CCCC1.O=C1OCC2C3CCC(C3)C12. The molecule has 0 spiro atoms. The molecule has 14 fully saturated rings. The topological polar surface area (TPSA) is 251 Å². The molecule has 0 aromatic carbocycles. The van der Waals surface area contributed by atoms with E-state index in [9.17, 15) is 48.6 Å². The molecular formula is C92H182O18. The van der Waals surface area contributed by atoms with Crippen LogP contribution in [0, 0.1) is 81.8 Å². The van der Waals surface area contributed by atoms with Gasteiger partial charge in [-0.2, -0.15) is 0 Å². The molecule has 0 amide bonds. The first-order chi connectivity index (χ1) is 46.0. The van der Waals surface area contributed by atoms with Crippen molar-refractivity contribution in [3.05, 3.63) is 0 Å². The highest BCUT2D eigenvalue weighted by atomic mass is 16.6. The first kappa shape index (κ1) is 119. The van der Waals surface area contributed by atoms with Crippen molar-refractivity contribution >= 4 is 47.8 Å². The van der Waals surface area contributed by atoms with Gasteiger partial charge in [0, 0.05) is 25.2 Å². The second kappa shape index (κ2) is 50.9. The van der Waals surface area contributed by atoms with Gasteiger partial charge in [0.1, 0.15) is 22.4 Å². The fourth-order valence-corrected chi connectivity index (χ4v) is 18.2. The van der Waals surface area contributed by atoms with E-state index in [2.05, 4.69) is 23.3 Å². The van der Waals surface area contributed by atoms with Gasteiger partial charge in [-0.05, 0) is 249 Å². The third kappa shape index (κ3) is 31.0. The molecule has 18 heteroatoms. The fourth-order valence-electron chi connectivity index (χ4n) is 18.2. The second-order valence-corrected chi connectivity index (χ2v) is 34.1. The molecule has 14 aliphatic rings. The molecule has 13 unspecified atom stereocenters. The number of carbonyl (C=O) groups excluding carboxylic acids is 8. The minimum Gasteiger partial charge on any atom is -0.469 e. The van der Waals surface area contributed by atoms with Crippen LogP contribution in [-0.2, 0) is 76.3 Å². The van der Waals surface area contributed by atoms with Crippen molar-refractivity contribution in [3.63, 3.8) is 0 Å². The number of esters is 8. The Hall–Kier alpha value is -4.32. The van der Waals surface area contributed by atoms with Gasteiger partial charge in [-0.3, -0.25) is 33.6 Å². The van der Waals surface area contributed by atoms with Crippen LogP contribution in [0.15, 0.2) is 0 Å². The second-order valence-electron chi connectivity index (χ2n) is 34.1. The van der Waals surface area contributed by atoms with Crippen LogP contribution in [-0.4, -0.2) is 118 Å². The van der Waals surface area contributed by atoms with E-state index in [1.54, 1.807) is 6.92 Å². The quantitative estimate of drug-likeness (QED) is 0.0900. The van der Waals surface area contributed by atoms with Gasteiger partial charge < -0.3 is 48.1 Å². The highest BCUT2D eigenvalue weighted by Gasteiger charge is 2.61. The molecule has 658 valence electrons. The van der Waals surface area contributed by atoms with Crippen LogP contribution < -0.4 is 0 Å². The normalized spacial score (nSPS) is 30.0. The van der Waals surface area contributed by atoms with E-state index in [4.69, 9.17) is 28.4 Å². The van der Waals surface area contributed by atoms with Gasteiger partial charge >= 0.3 is 47.8 Å². The molecule has 2 aliphatic heterocycles. The molecular weight excluding hydrogens is 1390 g/mol. The van der Waals surface area contributed by atoms with Crippen molar-refractivity contribution in [2.75, 3.05) is 20.3 Å². The van der Waals surface area contributed by atoms with Gasteiger partial charge in [0.25, 0.3) is 0 Å². The lowest BCUT2D eigenvalue weighted by Gasteiger charge is -2.59. The van der Waals surface area contributed by atoms with Crippen LogP contribution in [0.25, 0.3) is 0 Å². The van der Waals surface area contributed by atoms with Gasteiger partial charge in [0.15, 0.2) is 0 Å². The Morgan fingerprint density at radius 1 is 0.445 bits per heavy atom. The first-order valence-electron chi connectivity index (χ1n) is 39.0. The van der Waals surface area contributed by atoms with Crippen LogP contribution in [0.1, 0.15) is 405 Å². The monoisotopic (exact) mass is 1580 g/mol.